The summed E-state index contributed by atoms with van der Waals surface area (Å²) in [4.78, 5) is 3.94. The molecule has 0 spiro atoms. The topological polar surface area (TPSA) is 50.9 Å². The van der Waals surface area contributed by atoms with Crippen molar-refractivity contribution in [3.63, 3.8) is 0 Å². The number of aromatic nitrogens is 3. The van der Waals surface area contributed by atoms with Crippen LogP contribution in [0.3, 0.4) is 0 Å². The van der Waals surface area contributed by atoms with Gasteiger partial charge in [-0.05, 0) is 13.0 Å². The van der Waals surface area contributed by atoms with Crippen LogP contribution in [0.15, 0.2) is 30.7 Å². The fourth-order valence-electron chi connectivity index (χ4n) is 1.51. The highest BCUT2D eigenvalue weighted by atomic mass is 19.4. The standard InChI is InChI=1S/C11H10F3N3O/c1-7(18)9-3-2-4-15-10(9)17-6-8(5-16-17)11(12,13)14/h2-7,18H,1H3. The van der Waals surface area contributed by atoms with Crippen molar-refractivity contribution >= 4 is 0 Å². The van der Waals surface area contributed by atoms with Crippen molar-refractivity contribution < 1.29 is 18.3 Å². The van der Waals surface area contributed by atoms with E-state index in [0.29, 0.717) is 5.56 Å². The quantitative estimate of drug-likeness (QED) is 0.898. The lowest BCUT2D eigenvalue weighted by molar-refractivity contribution is -0.137. The molecule has 18 heavy (non-hydrogen) atoms. The minimum atomic E-state index is -4.45. The first-order valence-corrected chi connectivity index (χ1v) is 5.15. The average molecular weight is 257 g/mol. The third-order valence-corrected chi connectivity index (χ3v) is 2.39. The molecule has 0 saturated carbocycles. The van der Waals surface area contributed by atoms with E-state index in [1.54, 1.807) is 12.1 Å². The molecular weight excluding hydrogens is 247 g/mol. The zero-order chi connectivity index (χ0) is 13.3. The van der Waals surface area contributed by atoms with Crippen molar-refractivity contribution in [2.24, 2.45) is 0 Å². The summed E-state index contributed by atoms with van der Waals surface area (Å²) in [7, 11) is 0. The van der Waals surface area contributed by atoms with E-state index >= 15 is 0 Å². The highest BCUT2D eigenvalue weighted by Crippen LogP contribution is 2.29. The lowest BCUT2D eigenvalue weighted by atomic mass is 10.1. The van der Waals surface area contributed by atoms with Crippen LogP contribution in [0.1, 0.15) is 24.2 Å². The Balaban J connectivity index is 2.47. The van der Waals surface area contributed by atoms with Gasteiger partial charge in [0.15, 0.2) is 5.82 Å². The van der Waals surface area contributed by atoms with Gasteiger partial charge in [-0.3, -0.25) is 0 Å². The molecule has 0 saturated heterocycles. The van der Waals surface area contributed by atoms with Crippen molar-refractivity contribution in [2.45, 2.75) is 19.2 Å². The molecule has 1 unspecified atom stereocenters. The van der Waals surface area contributed by atoms with Crippen LogP contribution >= 0.6 is 0 Å². The van der Waals surface area contributed by atoms with E-state index in [2.05, 4.69) is 10.1 Å². The van der Waals surface area contributed by atoms with Gasteiger partial charge in [0.05, 0.1) is 17.9 Å². The average Bonchev–Trinajstić information content (AvgIpc) is 2.77. The summed E-state index contributed by atoms with van der Waals surface area (Å²) >= 11 is 0. The smallest absolute Gasteiger partial charge is 0.389 e. The van der Waals surface area contributed by atoms with Gasteiger partial charge in [-0.15, -0.1) is 0 Å². The molecule has 0 aromatic carbocycles. The number of nitrogens with zero attached hydrogens (tertiary/aromatic N) is 3. The van der Waals surface area contributed by atoms with Crippen LogP contribution < -0.4 is 0 Å². The summed E-state index contributed by atoms with van der Waals surface area (Å²) in [5.74, 6) is 0.183. The van der Waals surface area contributed by atoms with Crippen molar-refractivity contribution in [2.75, 3.05) is 0 Å². The largest absolute Gasteiger partial charge is 0.419 e. The first-order valence-electron chi connectivity index (χ1n) is 5.15. The molecule has 0 radical (unpaired) electrons. The zero-order valence-corrected chi connectivity index (χ0v) is 9.39. The molecule has 2 aromatic rings. The number of hydrogen-bond acceptors (Lipinski definition) is 3. The number of pyridine rings is 1. The van der Waals surface area contributed by atoms with Crippen LogP contribution in [0.2, 0.25) is 0 Å². The minimum absolute atomic E-state index is 0.183. The molecule has 1 N–H and O–H groups in total. The summed E-state index contributed by atoms with van der Waals surface area (Å²) in [5.41, 5.74) is -0.445. The van der Waals surface area contributed by atoms with Crippen molar-refractivity contribution in [3.8, 4) is 5.82 Å². The minimum Gasteiger partial charge on any atom is -0.389 e. The van der Waals surface area contributed by atoms with E-state index in [0.717, 1.165) is 17.1 Å². The second-order valence-electron chi connectivity index (χ2n) is 3.76. The van der Waals surface area contributed by atoms with Crippen LogP contribution in [0.4, 0.5) is 13.2 Å². The van der Waals surface area contributed by atoms with Crippen LogP contribution in [-0.2, 0) is 6.18 Å². The van der Waals surface area contributed by atoms with Gasteiger partial charge in [0.2, 0.25) is 0 Å². The van der Waals surface area contributed by atoms with Gasteiger partial charge in [-0.1, -0.05) is 6.07 Å². The molecule has 1 atom stereocenters. The summed E-state index contributed by atoms with van der Waals surface area (Å²) in [6.45, 7) is 1.51. The Morgan fingerprint density at radius 2 is 2.11 bits per heavy atom. The van der Waals surface area contributed by atoms with Gasteiger partial charge >= 0.3 is 6.18 Å². The highest BCUT2D eigenvalue weighted by Gasteiger charge is 2.32. The summed E-state index contributed by atoms with van der Waals surface area (Å²) in [6.07, 6.45) is -2.30. The van der Waals surface area contributed by atoms with Gasteiger partial charge in [-0.25, -0.2) is 9.67 Å². The molecule has 0 amide bonds. The van der Waals surface area contributed by atoms with Crippen molar-refractivity contribution in [1.82, 2.24) is 14.8 Å². The number of alkyl halides is 3. The van der Waals surface area contributed by atoms with Crippen molar-refractivity contribution in [3.05, 3.63) is 41.9 Å². The Kier molecular flexibility index (Phi) is 3.08. The highest BCUT2D eigenvalue weighted by molar-refractivity contribution is 5.35. The van der Waals surface area contributed by atoms with E-state index in [9.17, 15) is 18.3 Å². The monoisotopic (exact) mass is 257 g/mol. The Bertz CT molecular complexity index is 548. The first-order chi connectivity index (χ1) is 8.39. The fraction of sp³-hybridized carbons (Fsp3) is 0.273. The summed E-state index contributed by atoms with van der Waals surface area (Å²) in [5, 5.41) is 13.1. The molecule has 2 rings (SSSR count). The van der Waals surface area contributed by atoms with E-state index in [4.69, 9.17) is 0 Å². The molecule has 0 aliphatic carbocycles. The van der Waals surface area contributed by atoms with Crippen LogP contribution in [-0.4, -0.2) is 19.9 Å². The molecule has 4 nitrogen and oxygen atoms in total. The van der Waals surface area contributed by atoms with E-state index in [1.807, 2.05) is 0 Å². The van der Waals surface area contributed by atoms with Crippen molar-refractivity contribution in [1.29, 1.82) is 0 Å². The zero-order valence-electron chi connectivity index (χ0n) is 9.39. The van der Waals surface area contributed by atoms with E-state index in [-0.39, 0.29) is 5.82 Å². The Labute approximate surface area is 101 Å². The third kappa shape index (κ3) is 2.35. The molecule has 0 fully saturated rings. The first kappa shape index (κ1) is 12.6. The molecule has 2 heterocycles. The lowest BCUT2D eigenvalue weighted by Crippen LogP contribution is -2.06. The summed E-state index contributed by atoms with van der Waals surface area (Å²) < 4.78 is 38.4. The van der Waals surface area contributed by atoms with Gasteiger partial charge in [0, 0.05) is 18.0 Å². The Morgan fingerprint density at radius 3 is 2.67 bits per heavy atom. The predicted octanol–water partition coefficient (Wildman–Crippen LogP) is 2.34. The van der Waals surface area contributed by atoms with E-state index in [1.165, 1.54) is 13.1 Å². The Hall–Kier alpha value is -1.89. The second-order valence-corrected chi connectivity index (χ2v) is 3.76. The molecule has 0 aliphatic heterocycles. The van der Waals surface area contributed by atoms with Crippen LogP contribution in [0, 0.1) is 0 Å². The number of rotatable bonds is 2. The SMILES string of the molecule is CC(O)c1cccnc1-n1cc(C(F)(F)F)cn1. The lowest BCUT2D eigenvalue weighted by Gasteiger charge is -2.10. The third-order valence-electron chi connectivity index (χ3n) is 2.39. The van der Waals surface area contributed by atoms with E-state index < -0.39 is 17.8 Å². The normalized spacial score (nSPS) is 13.6. The molecule has 2 aromatic heterocycles. The predicted molar refractivity (Wildman–Crippen MR) is 57.0 cm³/mol. The molecule has 0 bridgehead atoms. The molecule has 96 valence electrons. The van der Waals surface area contributed by atoms with Gasteiger partial charge in [0.1, 0.15) is 0 Å². The maximum absolute atomic E-state index is 12.5. The maximum Gasteiger partial charge on any atom is 0.419 e. The molecule has 0 aliphatic rings. The van der Waals surface area contributed by atoms with Gasteiger partial charge in [-0.2, -0.15) is 18.3 Å². The van der Waals surface area contributed by atoms with Crippen LogP contribution in [0.25, 0.3) is 5.82 Å². The maximum atomic E-state index is 12.5. The molecule has 7 heteroatoms. The molecular formula is C11H10F3N3O. The van der Waals surface area contributed by atoms with Crippen LogP contribution in [0.5, 0.6) is 0 Å². The fourth-order valence-corrected chi connectivity index (χ4v) is 1.51. The van der Waals surface area contributed by atoms with Gasteiger partial charge < -0.3 is 5.11 Å². The Morgan fingerprint density at radius 1 is 1.39 bits per heavy atom. The number of aliphatic hydroxyl groups is 1. The summed E-state index contributed by atoms with van der Waals surface area (Å²) in [6, 6.07) is 3.18. The van der Waals surface area contributed by atoms with Gasteiger partial charge in [0.25, 0.3) is 0 Å². The number of halogens is 3. The number of hydrogen-bond donors (Lipinski definition) is 1. The second kappa shape index (κ2) is 4.41. The number of aliphatic hydroxyl groups excluding tert-OH is 1.